The van der Waals surface area contributed by atoms with Gasteiger partial charge in [-0.15, -0.1) is 0 Å². The van der Waals surface area contributed by atoms with Crippen LogP contribution in [0.4, 0.5) is 0 Å². The largest absolute Gasteiger partial charge is 0.0654 e. The predicted octanol–water partition coefficient (Wildman–Crippen LogP) is 11.3. The molecule has 0 aliphatic heterocycles. The lowest BCUT2D eigenvalue weighted by Gasteiger charge is -2.12. The summed E-state index contributed by atoms with van der Waals surface area (Å²) in [5, 5.41) is 0. The second-order valence-electron chi connectivity index (χ2n) is 10.4. The van der Waals surface area contributed by atoms with E-state index in [4.69, 9.17) is 0 Å². The molecule has 176 valence electrons. The Hall–Kier alpha value is 0. The van der Waals surface area contributed by atoms with Gasteiger partial charge in [-0.3, -0.25) is 0 Å². The van der Waals surface area contributed by atoms with Crippen LogP contribution >= 0.6 is 0 Å². The average molecular weight is 409 g/mol. The normalized spacial score (nSPS) is 13.7. The maximum absolute atomic E-state index is 2.49. The molecular formula is C29H60. The van der Waals surface area contributed by atoms with Crippen molar-refractivity contribution in [1.82, 2.24) is 0 Å². The zero-order valence-electron chi connectivity index (χ0n) is 21.4. The summed E-state index contributed by atoms with van der Waals surface area (Å²) in [5.74, 6) is 1.92. The minimum Gasteiger partial charge on any atom is -0.0654 e. The van der Waals surface area contributed by atoms with Gasteiger partial charge >= 0.3 is 0 Å². The van der Waals surface area contributed by atoms with Gasteiger partial charge in [0.15, 0.2) is 0 Å². The van der Waals surface area contributed by atoms with E-state index in [-0.39, 0.29) is 0 Å². The van der Waals surface area contributed by atoms with E-state index >= 15 is 0 Å². The third-order valence-electron chi connectivity index (χ3n) is 6.99. The van der Waals surface area contributed by atoms with Crippen LogP contribution in [0.5, 0.6) is 0 Å². The third-order valence-corrected chi connectivity index (χ3v) is 6.99. The van der Waals surface area contributed by atoms with Crippen molar-refractivity contribution in [2.75, 3.05) is 0 Å². The topological polar surface area (TPSA) is 0 Å². The molecule has 0 aromatic carbocycles. The molecule has 0 aliphatic carbocycles. The first kappa shape index (κ1) is 29.0. The summed E-state index contributed by atoms with van der Waals surface area (Å²) in [6.45, 7) is 9.56. The Balaban J connectivity index is 3.19. The van der Waals surface area contributed by atoms with Gasteiger partial charge in [-0.1, -0.05) is 175 Å². The zero-order valence-corrected chi connectivity index (χ0v) is 21.4. The van der Waals surface area contributed by atoms with Gasteiger partial charge in [-0.05, 0) is 11.8 Å². The Kier molecular flexibility index (Phi) is 24.3. The van der Waals surface area contributed by atoms with Crippen LogP contribution in [0.2, 0.25) is 0 Å². The quantitative estimate of drug-likeness (QED) is 0.139. The summed E-state index contributed by atoms with van der Waals surface area (Å²) in [5.41, 5.74) is 0. The highest BCUT2D eigenvalue weighted by Gasteiger charge is 2.04. The molecule has 0 bridgehead atoms. The summed E-state index contributed by atoms with van der Waals surface area (Å²) >= 11 is 0. The highest BCUT2D eigenvalue weighted by atomic mass is 14.1. The van der Waals surface area contributed by atoms with Gasteiger partial charge in [0.25, 0.3) is 0 Å². The number of hydrogen-bond donors (Lipinski definition) is 0. The molecule has 0 nitrogen and oxygen atoms in total. The van der Waals surface area contributed by atoms with Crippen LogP contribution in [0.3, 0.4) is 0 Å². The molecule has 0 amide bonds. The van der Waals surface area contributed by atoms with E-state index in [0.29, 0.717) is 0 Å². The van der Waals surface area contributed by atoms with E-state index in [1.165, 1.54) is 148 Å². The van der Waals surface area contributed by atoms with Gasteiger partial charge in [-0.25, -0.2) is 0 Å². The number of hydrogen-bond acceptors (Lipinski definition) is 0. The van der Waals surface area contributed by atoms with Crippen LogP contribution in [-0.2, 0) is 0 Å². The minimum absolute atomic E-state index is 0.961. The Morgan fingerprint density at radius 2 is 0.552 bits per heavy atom. The Labute approximate surface area is 187 Å². The Bertz CT molecular complexity index is 282. The summed E-state index contributed by atoms with van der Waals surface area (Å²) in [4.78, 5) is 0. The SMILES string of the molecule is CCCCCCCCCCCCCCCC[C@@H](C)CCCCC[C@H](C)CCCC. The van der Waals surface area contributed by atoms with Crippen LogP contribution in [-0.4, -0.2) is 0 Å². The minimum atomic E-state index is 0.961. The molecule has 0 heterocycles. The van der Waals surface area contributed by atoms with Gasteiger partial charge < -0.3 is 0 Å². The van der Waals surface area contributed by atoms with E-state index in [2.05, 4.69) is 27.7 Å². The molecule has 0 aromatic heterocycles. The van der Waals surface area contributed by atoms with Crippen molar-refractivity contribution in [2.45, 2.75) is 175 Å². The molecule has 2 atom stereocenters. The van der Waals surface area contributed by atoms with Crippen molar-refractivity contribution in [3.63, 3.8) is 0 Å². The van der Waals surface area contributed by atoms with E-state index in [9.17, 15) is 0 Å². The Morgan fingerprint density at radius 1 is 0.310 bits per heavy atom. The van der Waals surface area contributed by atoms with Crippen LogP contribution in [0, 0.1) is 11.8 Å². The number of unbranched alkanes of at least 4 members (excludes halogenated alkanes) is 16. The molecule has 0 radical (unpaired) electrons. The maximum Gasteiger partial charge on any atom is -0.0443 e. The standard InChI is InChI=1S/C29H60/c1-5-7-9-10-11-12-13-14-15-16-17-18-19-21-25-29(4)27-23-20-22-26-28(3)24-8-6-2/h28-29H,5-27H2,1-4H3/t28-,29-/m1/s1. The second kappa shape index (κ2) is 24.3. The van der Waals surface area contributed by atoms with E-state index in [1.54, 1.807) is 0 Å². The molecule has 0 N–H and O–H groups in total. The van der Waals surface area contributed by atoms with E-state index < -0.39 is 0 Å². The van der Waals surface area contributed by atoms with Crippen LogP contribution in [0.1, 0.15) is 175 Å². The van der Waals surface area contributed by atoms with Crippen molar-refractivity contribution in [3.8, 4) is 0 Å². The van der Waals surface area contributed by atoms with Gasteiger partial charge in [0.2, 0.25) is 0 Å². The van der Waals surface area contributed by atoms with Crippen LogP contribution < -0.4 is 0 Å². The second-order valence-corrected chi connectivity index (χ2v) is 10.4. The lowest BCUT2D eigenvalue weighted by Crippen LogP contribution is -1.97. The molecule has 0 spiro atoms. The van der Waals surface area contributed by atoms with Crippen LogP contribution in [0.25, 0.3) is 0 Å². The molecule has 0 unspecified atom stereocenters. The van der Waals surface area contributed by atoms with Crippen molar-refractivity contribution < 1.29 is 0 Å². The summed E-state index contributed by atoms with van der Waals surface area (Å²) in [6, 6.07) is 0. The van der Waals surface area contributed by atoms with Gasteiger partial charge in [-0.2, -0.15) is 0 Å². The lowest BCUT2D eigenvalue weighted by atomic mass is 9.94. The predicted molar refractivity (Wildman–Crippen MR) is 136 cm³/mol. The van der Waals surface area contributed by atoms with Gasteiger partial charge in [0.05, 0.1) is 0 Å². The van der Waals surface area contributed by atoms with Crippen molar-refractivity contribution in [1.29, 1.82) is 0 Å². The van der Waals surface area contributed by atoms with Crippen molar-refractivity contribution in [2.24, 2.45) is 11.8 Å². The molecule has 0 aromatic rings. The fourth-order valence-corrected chi connectivity index (χ4v) is 4.69. The fourth-order valence-electron chi connectivity index (χ4n) is 4.69. The zero-order chi connectivity index (χ0) is 21.4. The fraction of sp³-hybridized carbons (Fsp3) is 1.00. The molecule has 0 aliphatic rings. The first-order valence-electron chi connectivity index (χ1n) is 14.2. The molecular weight excluding hydrogens is 348 g/mol. The summed E-state index contributed by atoms with van der Waals surface area (Å²) < 4.78 is 0. The van der Waals surface area contributed by atoms with Gasteiger partial charge in [0, 0.05) is 0 Å². The summed E-state index contributed by atoms with van der Waals surface area (Å²) in [6.07, 6.45) is 33.7. The number of rotatable bonds is 24. The van der Waals surface area contributed by atoms with Gasteiger partial charge in [0.1, 0.15) is 0 Å². The lowest BCUT2D eigenvalue weighted by molar-refractivity contribution is 0.411. The molecule has 0 heteroatoms. The smallest absolute Gasteiger partial charge is 0.0443 e. The van der Waals surface area contributed by atoms with Crippen molar-refractivity contribution >= 4 is 0 Å². The first-order chi connectivity index (χ1) is 14.2. The highest BCUT2D eigenvalue weighted by molar-refractivity contribution is 4.58. The van der Waals surface area contributed by atoms with E-state index in [1.807, 2.05) is 0 Å². The molecule has 29 heavy (non-hydrogen) atoms. The summed E-state index contributed by atoms with van der Waals surface area (Å²) in [7, 11) is 0. The monoisotopic (exact) mass is 408 g/mol. The van der Waals surface area contributed by atoms with Crippen LogP contribution in [0.15, 0.2) is 0 Å². The molecule has 0 rings (SSSR count). The van der Waals surface area contributed by atoms with Crippen molar-refractivity contribution in [3.05, 3.63) is 0 Å². The highest BCUT2D eigenvalue weighted by Crippen LogP contribution is 2.20. The Morgan fingerprint density at radius 3 is 0.897 bits per heavy atom. The molecule has 0 fully saturated rings. The third kappa shape index (κ3) is 24.1. The van der Waals surface area contributed by atoms with E-state index in [0.717, 1.165) is 11.8 Å². The average Bonchev–Trinajstić information content (AvgIpc) is 2.72. The molecule has 0 saturated carbocycles. The molecule has 0 saturated heterocycles. The first-order valence-corrected chi connectivity index (χ1v) is 14.2. The maximum atomic E-state index is 2.49.